The van der Waals surface area contributed by atoms with E-state index in [1.54, 1.807) is 9.16 Å². The molecule has 2 aliphatic rings. The third-order valence-electron chi connectivity index (χ3n) is 2.66. The summed E-state index contributed by atoms with van der Waals surface area (Å²) < 4.78 is 3.22. The summed E-state index contributed by atoms with van der Waals surface area (Å²) >= 11 is -1.18. The monoisotopic (exact) mass is 279 g/mol. The van der Waals surface area contributed by atoms with Crippen LogP contribution in [0.4, 0.5) is 0 Å². The van der Waals surface area contributed by atoms with Crippen LogP contribution in [0.25, 0.3) is 0 Å². The Bertz CT molecular complexity index is 305. The van der Waals surface area contributed by atoms with E-state index in [-0.39, 0.29) is 0 Å². The van der Waals surface area contributed by atoms with Gasteiger partial charge in [0.15, 0.2) is 0 Å². The predicted molar refractivity (Wildman–Crippen MR) is 60.1 cm³/mol. The molecule has 0 saturated carbocycles. The van der Waals surface area contributed by atoms with Crippen molar-refractivity contribution in [2.45, 2.75) is 22.2 Å². The van der Waals surface area contributed by atoms with E-state index in [0.29, 0.717) is 0 Å². The maximum absolute atomic E-state index is 2.53. The van der Waals surface area contributed by atoms with Gasteiger partial charge in [0.1, 0.15) is 0 Å². The summed E-state index contributed by atoms with van der Waals surface area (Å²) in [4.78, 5) is 2.53. The summed E-state index contributed by atoms with van der Waals surface area (Å²) in [7, 11) is 0. The normalized spacial score (nSPS) is 19.8. The van der Waals surface area contributed by atoms with Crippen LogP contribution in [0.3, 0.4) is 0 Å². The predicted octanol–water partition coefficient (Wildman–Crippen LogP) is 3.42. The molecule has 0 N–H and O–H groups in total. The van der Waals surface area contributed by atoms with E-state index >= 15 is 0 Å². The van der Waals surface area contributed by atoms with Gasteiger partial charge in [0.2, 0.25) is 0 Å². The average Bonchev–Trinajstić information content (AvgIpc) is 2.74. The summed E-state index contributed by atoms with van der Waals surface area (Å²) in [6.07, 6.45) is 16.1. The molecule has 0 heterocycles. The molecular weight excluding hydrogens is 263 g/mol. The van der Waals surface area contributed by atoms with E-state index in [2.05, 4.69) is 41.4 Å². The van der Waals surface area contributed by atoms with Crippen LogP contribution in [0.5, 0.6) is 0 Å². The molecule has 0 aliphatic heterocycles. The molecule has 0 bridgehead atoms. The Morgan fingerprint density at radius 3 is 2.54 bits per heavy atom. The molecule has 1 radical (unpaired) electrons. The average molecular weight is 278 g/mol. The molecule has 0 amide bonds. The van der Waals surface area contributed by atoms with Crippen molar-refractivity contribution < 1.29 is 0 Å². The molecule has 67 valence electrons. The van der Waals surface area contributed by atoms with Crippen molar-refractivity contribution in [1.82, 2.24) is 0 Å². The Kier molecular flexibility index (Phi) is 3.09. The van der Waals surface area contributed by atoms with Gasteiger partial charge in [-0.15, -0.1) is 0 Å². The first-order chi connectivity index (χ1) is 6.36. The second-order valence-electron chi connectivity index (χ2n) is 3.74. The van der Waals surface area contributed by atoms with Gasteiger partial charge in [-0.05, 0) is 0 Å². The Balaban J connectivity index is 1.88. The third kappa shape index (κ3) is 2.37. The summed E-state index contributed by atoms with van der Waals surface area (Å²) in [6.45, 7) is 0. The van der Waals surface area contributed by atoms with Gasteiger partial charge in [0, 0.05) is 0 Å². The second-order valence-corrected chi connectivity index (χ2v) is 11.0. The van der Waals surface area contributed by atoms with Crippen molar-refractivity contribution in [3.8, 4) is 0 Å². The zero-order chi connectivity index (χ0) is 9.10. The van der Waals surface area contributed by atoms with Crippen molar-refractivity contribution in [3.05, 3.63) is 45.6 Å². The standard InChI is InChI=1S/C6H7.C5H5.CH3.Sn/c1-6-4-2-3-5-6;1-2-4-5-3-1;;/h2-4H,1,5H2;1-3H,4H2;1H3;. The summed E-state index contributed by atoms with van der Waals surface area (Å²) in [5.41, 5.74) is 1.67. The molecule has 0 aromatic heterocycles. The van der Waals surface area contributed by atoms with Gasteiger partial charge >= 0.3 is 87.6 Å². The molecule has 0 fully saturated rings. The van der Waals surface area contributed by atoms with Crippen LogP contribution in [-0.2, 0) is 0 Å². The van der Waals surface area contributed by atoms with Crippen LogP contribution >= 0.6 is 0 Å². The van der Waals surface area contributed by atoms with E-state index < -0.39 is 19.8 Å². The first-order valence-electron chi connectivity index (χ1n) is 4.89. The van der Waals surface area contributed by atoms with Crippen LogP contribution in [0.2, 0.25) is 9.38 Å². The zero-order valence-corrected chi connectivity index (χ0v) is 10.9. The van der Waals surface area contributed by atoms with Gasteiger partial charge in [-0.1, -0.05) is 0 Å². The minimum absolute atomic E-state index is 1.18. The van der Waals surface area contributed by atoms with Gasteiger partial charge in [-0.2, -0.15) is 0 Å². The number of rotatable bonds is 3. The summed E-state index contributed by atoms with van der Waals surface area (Å²) in [5, 5.41) is 0. The maximum atomic E-state index is 2.53. The van der Waals surface area contributed by atoms with Crippen molar-refractivity contribution >= 4 is 19.8 Å². The molecule has 0 nitrogen and oxygen atoms in total. The Morgan fingerprint density at radius 2 is 1.92 bits per heavy atom. The molecule has 2 rings (SSSR count). The fourth-order valence-corrected chi connectivity index (χ4v) is 7.60. The molecule has 0 atom stereocenters. The minimum atomic E-state index is -1.18. The van der Waals surface area contributed by atoms with Crippen molar-refractivity contribution in [2.75, 3.05) is 0 Å². The van der Waals surface area contributed by atoms with Gasteiger partial charge in [0.25, 0.3) is 0 Å². The van der Waals surface area contributed by atoms with Crippen LogP contribution in [0, 0.1) is 0 Å². The Labute approximate surface area is 87.5 Å². The molecule has 2 aliphatic carbocycles. The van der Waals surface area contributed by atoms with E-state index in [9.17, 15) is 0 Å². The van der Waals surface area contributed by atoms with Crippen molar-refractivity contribution in [1.29, 1.82) is 0 Å². The molecule has 0 aromatic carbocycles. The van der Waals surface area contributed by atoms with Crippen LogP contribution in [0.1, 0.15) is 12.8 Å². The summed E-state index contributed by atoms with van der Waals surface area (Å²) in [6, 6.07) is 0. The molecule has 0 aromatic rings. The van der Waals surface area contributed by atoms with Crippen molar-refractivity contribution in [3.63, 3.8) is 0 Å². The summed E-state index contributed by atoms with van der Waals surface area (Å²) in [5.74, 6) is 0. The molecule has 13 heavy (non-hydrogen) atoms. The molecule has 0 saturated heterocycles. The Morgan fingerprint density at radius 1 is 1.15 bits per heavy atom. The number of hydrogen-bond acceptors (Lipinski definition) is 0. The first-order valence-corrected chi connectivity index (χ1v) is 11.2. The molecule has 0 unspecified atom stereocenters. The first kappa shape index (κ1) is 9.32. The quantitative estimate of drug-likeness (QED) is 0.694. The van der Waals surface area contributed by atoms with Crippen LogP contribution in [0.15, 0.2) is 45.6 Å². The van der Waals surface area contributed by atoms with Gasteiger partial charge in [-0.25, -0.2) is 0 Å². The Hall–Kier alpha value is -0.241. The van der Waals surface area contributed by atoms with Gasteiger partial charge in [-0.3, -0.25) is 0 Å². The molecular formula is C12H15Sn. The zero-order valence-electron chi connectivity index (χ0n) is 8.09. The van der Waals surface area contributed by atoms with E-state index in [1.807, 2.05) is 0 Å². The SMILES string of the molecule is [CH3][Sn]([CH2]C1=CC=CC1)[C]1=CC=CC1. The van der Waals surface area contributed by atoms with Crippen LogP contribution < -0.4 is 0 Å². The molecule has 1 heteroatoms. The van der Waals surface area contributed by atoms with Gasteiger partial charge < -0.3 is 0 Å². The van der Waals surface area contributed by atoms with E-state index in [0.717, 1.165) is 0 Å². The third-order valence-corrected chi connectivity index (χ3v) is 9.66. The topological polar surface area (TPSA) is 0 Å². The fourth-order valence-electron chi connectivity index (χ4n) is 1.84. The van der Waals surface area contributed by atoms with E-state index in [1.165, 1.54) is 17.3 Å². The van der Waals surface area contributed by atoms with Crippen LogP contribution in [-0.4, -0.2) is 19.8 Å². The molecule has 0 spiro atoms. The van der Waals surface area contributed by atoms with Gasteiger partial charge in [0.05, 0.1) is 0 Å². The van der Waals surface area contributed by atoms with E-state index in [4.69, 9.17) is 0 Å². The second kappa shape index (κ2) is 4.32. The van der Waals surface area contributed by atoms with Crippen molar-refractivity contribution in [2.24, 2.45) is 0 Å². The fraction of sp³-hybridized carbons (Fsp3) is 0.333. The number of allylic oxidation sites excluding steroid dienone is 8. The number of hydrogen-bond donors (Lipinski definition) is 0.